The second kappa shape index (κ2) is 9.05. The minimum Gasteiger partial charge on any atom is -0.496 e. The molecule has 8 nitrogen and oxygen atoms in total. The Hall–Kier alpha value is -3.94. The first-order chi connectivity index (χ1) is 15.5. The molecule has 0 fully saturated rings. The number of aromatic nitrogens is 2. The zero-order valence-corrected chi connectivity index (χ0v) is 18.2. The summed E-state index contributed by atoms with van der Waals surface area (Å²) in [5, 5.41) is 8.85. The zero-order chi connectivity index (χ0) is 22.7. The van der Waals surface area contributed by atoms with Gasteiger partial charge in [-0.2, -0.15) is 0 Å². The molecular weight excluding hydrogens is 406 g/mol. The Labute approximate surface area is 186 Å². The van der Waals surface area contributed by atoms with Gasteiger partial charge in [-0.25, -0.2) is 9.97 Å². The number of hydrogen-bond donors (Lipinski definition) is 3. The highest BCUT2D eigenvalue weighted by molar-refractivity contribution is 6.00. The number of amides is 2. The van der Waals surface area contributed by atoms with E-state index in [4.69, 9.17) is 4.74 Å². The van der Waals surface area contributed by atoms with E-state index in [1.54, 1.807) is 26.3 Å². The molecule has 0 aliphatic carbocycles. The van der Waals surface area contributed by atoms with Crippen LogP contribution in [-0.4, -0.2) is 42.5 Å². The highest BCUT2D eigenvalue weighted by atomic mass is 16.5. The summed E-state index contributed by atoms with van der Waals surface area (Å²) >= 11 is 0. The van der Waals surface area contributed by atoms with Crippen LogP contribution in [0, 0.1) is 0 Å². The molecule has 3 N–H and O–H groups in total. The molecule has 3 aromatic rings. The fraction of sp³-hybridized carbons (Fsp3) is 0.250. The van der Waals surface area contributed by atoms with Crippen molar-refractivity contribution >= 4 is 23.3 Å². The largest absolute Gasteiger partial charge is 0.496 e. The summed E-state index contributed by atoms with van der Waals surface area (Å²) in [7, 11) is 3.20. The molecule has 0 unspecified atom stereocenters. The number of carbonyl (C=O) groups excluding carboxylic acids is 2. The number of fused-ring (bicyclic) bond motifs is 1. The van der Waals surface area contributed by atoms with Gasteiger partial charge in [-0.1, -0.05) is 25.1 Å². The monoisotopic (exact) mass is 431 g/mol. The van der Waals surface area contributed by atoms with E-state index in [2.05, 4.69) is 32.8 Å². The molecule has 0 saturated carbocycles. The maximum Gasteiger partial charge on any atom is 0.251 e. The maximum absolute atomic E-state index is 11.9. The lowest BCUT2D eigenvalue weighted by Crippen LogP contribution is -2.18. The van der Waals surface area contributed by atoms with Crippen molar-refractivity contribution in [1.82, 2.24) is 15.3 Å². The van der Waals surface area contributed by atoms with Crippen molar-refractivity contribution < 1.29 is 14.3 Å². The zero-order valence-electron chi connectivity index (χ0n) is 18.2. The number of methoxy groups -OCH3 is 1. The van der Waals surface area contributed by atoms with Crippen molar-refractivity contribution in [2.45, 2.75) is 19.3 Å². The molecule has 0 saturated heterocycles. The number of hydrogen-bond acceptors (Lipinski definition) is 6. The molecule has 2 aromatic carbocycles. The Balaban J connectivity index is 1.47. The minimum absolute atomic E-state index is 0.00923. The van der Waals surface area contributed by atoms with Crippen molar-refractivity contribution in [2.75, 3.05) is 31.3 Å². The van der Waals surface area contributed by atoms with Crippen molar-refractivity contribution in [3.05, 3.63) is 65.5 Å². The van der Waals surface area contributed by atoms with Gasteiger partial charge in [0.25, 0.3) is 5.91 Å². The van der Waals surface area contributed by atoms with E-state index in [0.717, 1.165) is 28.1 Å². The first kappa shape index (κ1) is 21.3. The average molecular weight is 431 g/mol. The molecule has 0 radical (unpaired) electrons. The van der Waals surface area contributed by atoms with Crippen LogP contribution in [0.3, 0.4) is 0 Å². The third-order valence-corrected chi connectivity index (χ3v) is 5.54. The normalized spacial score (nSPS) is 13.2. The summed E-state index contributed by atoms with van der Waals surface area (Å²) in [6.45, 7) is 2.70. The Kier molecular flexibility index (Phi) is 6.02. The molecule has 1 aromatic heterocycles. The van der Waals surface area contributed by atoms with E-state index in [0.29, 0.717) is 30.1 Å². The first-order valence-electron chi connectivity index (χ1n) is 10.4. The summed E-state index contributed by atoms with van der Waals surface area (Å²) in [6, 6.07) is 13.2. The van der Waals surface area contributed by atoms with Crippen molar-refractivity contribution in [2.24, 2.45) is 0 Å². The van der Waals surface area contributed by atoms with Crippen LogP contribution in [0.5, 0.6) is 5.75 Å². The van der Waals surface area contributed by atoms with Crippen LogP contribution in [-0.2, 0) is 11.2 Å². The molecule has 2 amide bonds. The quantitative estimate of drug-likeness (QED) is 0.531. The summed E-state index contributed by atoms with van der Waals surface area (Å²) in [5.41, 5.74) is 5.07. The van der Waals surface area contributed by atoms with Gasteiger partial charge in [-0.3, -0.25) is 9.59 Å². The molecule has 0 spiro atoms. The standard InChI is InChI=1S/C24H25N5O3/c1-14(18-7-6-17(24(31)25-2)9-21(18)32-3)12-26-22-11-19(27-13-28-22)15-4-5-16-10-23(30)29-20(16)8-15/h4-9,11,13-14H,10,12H2,1-3H3,(H,25,31)(H,29,30)(H,26,27,28)/t14-/m1/s1. The van der Waals surface area contributed by atoms with E-state index in [-0.39, 0.29) is 17.7 Å². The fourth-order valence-corrected chi connectivity index (χ4v) is 3.76. The molecule has 1 atom stereocenters. The predicted molar refractivity (Wildman–Crippen MR) is 123 cm³/mol. The molecule has 2 heterocycles. The molecule has 0 bridgehead atoms. The van der Waals surface area contributed by atoms with Crippen LogP contribution in [0.4, 0.5) is 11.5 Å². The van der Waals surface area contributed by atoms with Crippen molar-refractivity contribution in [3.8, 4) is 17.0 Å². The first-order valence-corrected chi connectivity index (χ1v) is 10.4. The van der Waals surface area contributed by atoms with Gasteiger partial charge in [0, 0.05) is 42.4 Å². The van der Waals surface area contributed by atoms with Gasteiger partial charge in [-0.05, 0) is 29.3 Å². The van der Waals surface area contributed by atoms with Gasteiger partial charge in [0.2, 0.25) is 5.91 Å². The highest BCUT2D eigenvalue weighted by Crippen LogP contribution is 2.30. The molecule has 8 heteroatoms. The maximum atomic E-state index is 11.9. The van der Waals surface area contributed by atoms with Gasteiger partial charge < -0.3 is 20.7 Å². The molecular formula is C24H25N5O3. The van der Waals surface area contributed by atoms with E-state index in [1.807, 2.05) is 30.3 Å². The number of carbonyl (C=O) groups is 2. The van der Waals surface area contributed by atoms with Gasteiger partial charge in [0.15, 0.2) is 0 Å². The minimum atomic E-state index is -0.153. The lowest BCUT2D eigenvalue weighted by molar-refractivity contribution is -0.115. The van der Waals surface area contributed by atoms with E-state index < -0.39 is 0 Å². The lowest BCUT2D eigenvalue weighted by atomic mass is 9.98. The molecule has 4 rings (SSSR count). The highest BCUT2D eigenvalue weighted by Gasteiger charge is 2.18. The third-order valence-electron chi connectivity index (χ3n) is 5.54. The molecule has 1 aliphatic rings. The summed E-state index contributed by atoms with van der Waals surface area (Å²) in [5.74, 6) is 1.34. The SMILES string of the molecule is CNC(=O)c1ccc([C@H](C)CNc2cc(-c3ccc4c(c3)NC(=O)C4)ncn2)c(OC)c1. The van der Waals surface area contributed by atoms with E-state index >= 15 is 0 Å². The van der Waals surface area contributed by atoms with Crippen LogP contribution in [0.15, 0.2) is 48.8 Å². The van der Waals surface area contributed by atoms with E-state index in [1.165, 1.54) is 6.33 Å². The second-order valence-corrected chi connectivity index (χ2v) is 7.70. The smallest absolute Gasteiger partial charge is 0.251 e. The van der Waals surface area contributed by atoms with Gasteiger partial charge in [0.05, 0.1) is 19.2 Å². The number of anilines is 2. The van der Waals surface area contributed by atoms with Gasteiger partial charge >= 0.3 is 0 Å². The summed E-state index contributed by atoms with van der Waals surface area (Å²) < 4.78 is 5.51. The molecule has 32 heavy (non-hydrogen) atoms. The Bertz CT molecular complexity index is 1180. The summed E-state index contributed by atoms with van der Waals surface area (Å²) in [6.07, 6.45) is 1.94. The lowest BCUT2D eigenvalue weighted by Gasteiger charge is -2.17. The third kappa shape index (κ3) is 4.39. The fourth-order valence-electron chi connectivity index (χ4n) is 3.76. The number of nitrogens with one attached hydrogen (secondary N) is 3. The van der Waals surface area contributed by atoms with Gasteiger partial charge in [0.1, 0.15) is 17.9 Å². The predicted octanol–water partition coefficient (Wildman–Crippen LogP) is 3.22. The van der Waals surface area contributed by atoms with Crippen LogP contribution in [0.2, 0.25) is 0 Å². The average Bonchev–Trinajstić information content (AvgIpc) is 3.20. The topological polar surface area (TPSA) is 105 Å². The summed E-state index contributed by atoms with van der Waals surface area (Å²) in [4.78, 5) is 32.2. The molecule has 1 aliphatic heterocycles. The number of rotatable bonds is 7. The van der Waals surface area contributed by atoms with Crippen molar-refractivity contribution in [3.63, 3.8) is 0 Å². The van der Waals surface area contributed by atoms with Crippen LogP contribution in [0.1, 0.15) is 34.3 Å². The van der Waals surface area contributed by atoms with Crippen LogP contribution < -0.4 is 20.7 Å². The van der Waals surface area contributed by atoms with Gasteiger partial charge in [-0.15, -0.1) is 0 Å². The molecule has 164 valence electrons. The second-order valence-electron chi connectivity index (χ2n) is 7.70. The van der Waals surface area contributed by atoms with Crippen LogP contribution >= 0.6 is 0 Å². The van der Waals surface area contributed by atoms with E-state index in [9.17, 15) is 9.59 Å². The number of benzene rings is 2. The Morgan fingerprint density at radius 3 is 2.81 bits per heavy atom. The number of ether oxygens (including phenoxy) is 1. The number of nitrogens with zero attached hydrogens (tertiary/aromatic N) is 2. The van der Waals surface area contributed by atoms with Crippen LogP contribution in [0.25, 0.3) is 11.3 Å². The van der Waals surface area contributed by atoms with Crippen molar-refractivity contribution in [1.29, 1.82) is 0 Å². The Morgan fingerprint density at radius 2 is 2.03 bits per heavy atom. The Morgan fingerprint density at radius 1 is 1.19 bits per heavy atom.